The first-order chi connectivity index (χ1) is 10.0. The summed E-state index contributed by atoms with van der Waals surface area (Å²) in [6.45, 7) is 1.13. The van der Waals surface area contributed by atoms with Crippen LogP contribution in [0.15, 0.2) is 24.3 Å². The lowest BCUT2D eigenvalue weighted by atomic mass is 9.97. The highest BCUT2D eigenvalue weighted by molar-refractivity contribution is 7.88. The Bertz CT molecular complexity index is 620. The van der Waals surface area contributed by atoms with Crippen molar-refractivity contribution in [1.29, 1.82) is 5.26 Å². The largest absolute Gasteiger partial charge is 0.396 e. The minimum absolute atomic E-state index is 0.0750. The highest BCUT2D eigenvalue weighted by Crippen LogP contribution is 2.23. The van der Waals surface area contributed by atoms with Gasteiger partial charge in [0.05, 0.1) is 17.4 Å². The maximum atomic E-state index is 12.5. The predicted octanol–water partition coefficient (Wildman–Crippen LogP) is 1.48. The van der Waals surface area contributed by atoms with E-state index in [2.05, 4.69) is 0 Å². The van der Waals surface area contributed by atoms with Crippen molar-refractivity contribution in [3.8, 4) is 6.07 Å². The Balaban J connectivity index is 2.09. The zero-order valence-corrected chi connectivity index (χ0v) is 12.7. The average molecular weight is 308 g/mol. The molecular formula is C15H20N2O3S. The average Bonchev–Trinajstić information content (AvgIpc) is 2.48. The van der Waals surface area contributed by atoms with Crippen LogP contribution in [0.25, 0.3) is 0 Å². The van der Waals surface area contributed by atoms with Crippen LogP contribution in [0.1, 0.15) is 30.4 Å². The van der Waals surface area contributed by atoms with E-state index in [1.54, 1.807) is 24.3 Å². The van der Waals surface area contributed by atoms with E-state index < -0.39 is 10.0 Å². The molecule has 1 fully saturated rings. The SMILES string of the molecule is N#Cc1cccc(CS(=O)(=O)N2CCCC(CCO)C2)c1. The van der Waals surface area contributed by atoms with Crippen molar-refractivity contribution in [1.82, 2.24) is 4.31 Å². The molecule has 6 heteroatoms. The number of aliphatic hydroxyl groups is 1. The van der Waals surface area contributed by atoms with Crippen LogP contribution in [0.3, 0.4) is 0 Å². The lowest BCUT2D eigenvalue weighted by molar-refractivity contribution is 0.202. The molecule has 114 valence electrons. The van der Waals surface area contributed by atoms with Crippen LogP contribution in [0.4, 0.5) is 0 Å². The van der Waals surface area contributed by atoms with E-state index >= 15 is 0 Å². The Kier molecular flexibility index (Phi) is 5.34. The molecule has 1 aliphatic rings. The topological polar surface area (TPSA) is 81.4 Å². The van der Waals surface area contributed by atoms with Crippen LogP contribution in [0.2, 0.25) is 0 Å². The van der Waals surface area contributed by atoms with Crippen LogP contribution in [-0.2, 0) is 15.8 Å². The fourth-order valence-corrected chi connectivity index (χ4v) is 4.36. The highest BCUT2D eigenvalue weighted by Gasteiger charge is 2.28. The summed E-state index contributed by atoms with van der Waals surface area (Å²) in [4.78, 5) is 0. The number of rotatable bonds is 5. The van der Waals surface area contributed by atoms with E-state index in [0.29, 0.717) is 30.6 Å². The van der Waals surface area contributed by atoms with Crippen molar-refractivity contribution >= 4 is 10.0 Å². The third-order valence-electron chi connectivity index (χ3n) is 3.82. The van der Waals surface area contributed by atoms with Crippen molar-refractivity contribution in [3.05, 3.63) is 35.4 Å². The van der Waals surface area contributed by atoms with E-state index in [4.69, 9.17) is 10.4 Å². The molecule has 0 aromatic heterocycles. The number of nitrogens with zero attached hydrogens (tertiary/aromatic N) is 2. The molecule has 1 unspecified atom stereocenters. The Hall–Kier alpha value is -1.42. The number of aliphatic hydroxyl groups excluding tert-OH is 1. The zero-order valence-electron chi connectivity index (χ0n) is 11.9. The Morgan fingerprint density at radius 3 is 2.95 bits per heavy atom. The molecule has 0 spiro atoms. The summed E-state index contributed by atoms with van der Waals surface area (Å²) < 4.78 is 26.5. The molecule has 0 radical (unpaired) electrons. The molecule has 1 saturated heterocycles. The van der Waals surface area contributed by atoms with Gasteiger partial charge in [-0.15, -0.1) is 0 Å². The summed E-state index contributed by atoms with van der Waals surface area (Å²) in [6.07, 6.45) is 2.45. The molecule has 0 aliphatic carbocycles. The van der Waals surface area contributed by atoms with E-state index in [-0.39, 0.29) is 18.3 Å². The quantitative estimate of drug-likeness (QED) is 0.893. The molecule has 21 heavy (non-hydrogen) atoms. The van der Waals surface area contributed by atoms with Crippen molar-refractivity contribution in [2.75, 3.05) is 19.7 Å². The highest BCUT2D eigenvalue weighted by atomic mass is 32.2. The van der Waals surface area contributed by atoms with Crippen molar-refractivity contribution in [2.45, 2.75) is 25.0 Å². The van der Waals surface area contributed by atoms with Gasteiger partial charge in [0.1, 0.15) is 0 Å². The number of sulfonamides is 1. The van der Waals surface area contributed by atoms with Crippen LogP contribution < -0.4 is 0 Å². The molecule has 1 atom stereocenters. The first-order valence-electron chi connectivity index (χ1n) is 7.13. The van der Waals surface area contributed by atoms with Gasteiger partial charge in [-0.05, 0) is 42.9 Å². The first kappa shape index (κ1) is 16.0. The number of nitriles is 1. The molecule has 0 saturated carbocycles. The van der Waals surface area contributed by atoms with Gasteiger partial charge in [0.25, 0.3) is 0 Å². The van der Waals surface area contributed by atoms with Gasteiger partial charge in [-0.25, -0.2) is 12.7 Å². The minimum Gasteiger partial charge on any atom is -0.396 e. The summed E-state index contributed by atoms with van der Waals surface area (Å²) in [7, 11) is -3.37. The molecule has 1 N–H and O–H groups in total. The molecular weight excluding hydrogens is 288 g/mol. The van der Waals surface area contributed by atoms with E-state index in [1.807, 2.05) is 6.07 Å². The van der Waals surface area contributed by atoms with Gasteiger partial charge in [-0.1, -0.05) is 12.1 Å². The zero-order chi connectivity index (χ0) is 15.3. The number of piperidine rings is 1. The maximum Gasteiger partial charge on any atom is 0.218 e. The van der Waals surface area contributed by atoms with E-state index in [9.17, 15) is 8.42 Å². The first-order valence-corrected chi connectivity index (χ1v) is 8.74. The second-order valence-corrected chi connectivity index (χ2v) is 7.42. The third kappa shape index (κ3) is 4.27. The molecule has 1 heterocycles. The molecule has 1 aromatic rings. The molecule has 5 nitrogen and oxygen atoms in total. The van der Waals surface area contributed by atoms with E-state index in [0.717, 1.165) is 12.8 Å². The summed E-state index contributed by atoms with van der Waals surface area (Å²) in [5.74, 6) is 0.165. The Labute approximate surface area is 125 Å². The van der Waals surface area contributed by atoms with Crippen molar-refractivity contribution < 1.29 is 13.5 Å². The Morgan fingerprint density at radius 1 is 1.43 bits per heavy atom. The molecule has 0 bridgehead atoms. The van der Waals surface area contributed by atoms with Gasteiger partial charge >= 0.3 is 0 Å². The smallest absolute Gasteiger partial charge is 0.218 e. The summed E-state index contributed by atoms with van der Waals surface area (Å²) in [5, 5.41) is 17.9. The lowest BCUT2D eigenvalue weighted by Gasteiger charge is -2.31. The van der Waals surface area contributed by atoms with Crippen molar-refractivity contribution in [2.24, 2.45) is 5.92 Å². The summed E-state index contributed by atoms with van der Waals surface area (Å²) in [6, 6.07) is 8.73. The van der Waals surface area contributed by atoms with E-state index in [1.165, 1.54) is 4.31 Å². The molecule has 1 aliphatic heterocycles. The molecule has 1 aromatic carbocycles. The fourth-order valence-electron chi connectivity index (χ4n) is 2.73. The second-order valence-electron chi connectivity index (χ2n) is 5.45. The fraction of sp³-hybridized carbons (Fsp3) is 0.533. The molecule has 0 amide bonds. The normalized spacial score (nSPS) is 20.1. The van der Waals surface area contributed by atoms with Gasteiger partial charge in [-0.3, -0.25) is 0 Å². The predicted molar refractivity (Wildman–Crippen MR) is 79.8 cm³/mol. The summed E-state index contributed by atoms with van der Waals surface area (Å²) >= 11 is 0. The van der Waals surface area contributed by atoms with Crippen LogP contribution >= 0.6 is 0 Å². The van der Waals surface area contributed by atoms with Crippen molar-refractivity contribution in [3.63, 3.8) is 0 Å². The second kappa shape index (κ2) is 7.03. The Morgan fingerprint density at radius 2 is 2.24 bits per heavy atom. The number of hydrogen-bond donors (Lipinski definition) is 1. The van der Waals surface area contributed by atoms with Gasteiger partial charge in [0.15, 0.2) is 0 Å². The third-order valence-corrected chi connectivity index (χ3v) is 5.63. The standard InChI is InChI=1S/C15H20N2O3S/c16-10-14-3-1-4-15(9-14)12-21(19,20)17-7-2-5-13(11-17)6-8-18/h1,3-4,9,13,18H,2,5-8,11-12H2. The van der Waals surface area contributed by atoms with Gasteiger partial charge in [0, 0.05) is 19.7 Å². The number of hydrogen-bond acceptors (Lipinski definition) is 4. The monoisotopic (exact) mass is 308 g/mol. The van der Waals surface area contributed by atoms with Gasteiger partial charge < -0.3 is 5.11 Å². The van der Waals surface area contributed by atoms with Gasteiger partial charge in [-0.2, -0.15) is 5.26 Å². The van der Waals surface area contributed by atoms with Crippen LogP contribution in [0.5, 0.6) is 0 Å². The lowest BCUT2D eigenvalue weighted by Crippen LogP contribution is -2.40. The minimum atomic E-state index is -3.37. The molecule has 2 rings (SSSR count). The van der Waals surface area contributed by atoms with Crippen LogP contribution in [0, 0.1) is 17.2 Å². The van der Waals surface area contributed by atoms with Crippen LogP contribution in [-0.4, -0.2) is 37.5 Å². The summed E-state index contributed by atoms with van der Waals surface area (Å²) in [5.41, 5.74) is 1.11. The van der Waals surface area contributed by atoms with Gasteiger partial charge in [0.2, 0.25) is 10.0 Å². The maximum absolute atomic E-state index is 12.5. The number of benzene rings is 1.